The van der Waals surface area contributed by atoms with Gasteiger partial charge in [-0.15, -0.1) is 0 Å². The lowest BCUT2D eigenvalue weighted by atomic mass is 9.99. The summed E-state index contributed by atoms with van der Waals surface area (Å²) in [6, 6.07) is 6.01. The van der Waals surface area contributed by atoms with Crippen molar-refractivity contribution in [2.24, 2.45) is 0 Å². The number of benzene rings is 1. The molecule has 0 saturated carbocycles. The first-order chi connectivity index (χ1) is 9.10. The van der Waals surface area contributed by atoms with Crippen LogP contribution in [0.2, 0.25) is 0 Å². The summed E-state index contributed by atoms with van der Waals surface area (Å²) in [5.74, 6) is 0.0747. The normalized spacial score (nSPS) is 13.5. The van der Waals surface area contributed by atoms with Crippen LogP contribution >= 0.6 is 0 Å². The van der Waals surface area contributed by atoms with Crippen LogP contribution in [0.25, 0.3) is 0 Å². The van der Waals surface area contributed by atoms with Crippen molar-refractivity contribution in [3.8, 4) is 0 Å². The summed E-state index contributed by atoms with van der Waals surface area (Å²) in [7, 11) is 3.09. The predicted octanol–water partition coefficient (Wildman–Crippen LogP) is 1.81. The highest BCUT2D eigenvalue weighted by molar-refractivity contribution is 5.93. The molecule has 1 heterocycles. The van der Waals surface area contributed by atoms with E-state index in [9.17, 15) is 9.59 Å². The number of carbonyl (C=O) groups is 2. The Balaban J connectivity index is 1.99. The summed E-state index contributed by atoms with van der Waals surface area (Å²) in [6.45, 7) is 0.609. The summed E-state index contributed by atoms with van der Waals surface area (Å²) < 4.78 is 4.64. The molecule has 1 aromatic rings. The van der Waals surface area contributed by atoms with E-state index in [0.29, 0.717) is 13.0 Å². The Bertz CT molecular complexity index is 499. The highest BCUT2D eigenvalue weighted by Gasteiger charge is 2.15. The molecule has 102 valence electrons. The smallest absolute Gasteiger partial charge is 0.409 e. The molecule has 1 aliphatic heterocycles. The summed E-state index contributed by atoms with van der Waals surface area (Å²) >= 11 is 0. The number of amides is 2. The van der Waals surface area contributed by atoms with Crippen molar-refractivity contribution in [3.05, 3.63) is 29.3 Å². The molecule has 0 aromatic heterocycles. The number of rotatable bonds is 3. The Kier molecular flexibility index (Phi) is 4.04. The van der Waals surface area contributed by atoms with Gasteiger partial charge in [0.25, 0.3) is 0 Å². The van der Waals surface area contributed by atoms with Gasteiger partial charge < -0.3 is 15.0 Å². The van der Waals surface area contributed by atoms with E-state index in [1.807, 2.05) is 12.1 Å². The molecule has 1 aromatic carbocycles. The number of nitrogens with zero attached hydrogens (tertiary/aromatic N) is 1. The maximum atomic E-state index is 11.3. The number of hydrogen-bond donors (Lipinski definition) is 1. The quantitative estimate of drug-likeness (QED) is 0.903. The first-order valence-electron chi connectivity index (χ1n) is 6.31. The molecule has 1 N–H and O–H groups in total. The van der Waals surface area contributed by atoms with E-state index in [1.165, 1.54) is 7.11 Å². The van der Waals surface area contributed by atoms with Crippen molar-refractivity contribution in [1.82, 2.24) is 4.90 Å². The Morgan fingerprint density at radius 1 is 1.42 bits per heavy atom. The number of ether oxygens (including phenoxy) is 1. The Hall–Kier alpha value is -2.04. The van der Waals surface area contributed by atoms with Crippen LogP contribution in [0.3, 0.4) is 0 Å². The fourth-order valence-electron chi connectivity index (χ4n) is 2.14. The van der Waals surface area contributed by atoms with Gasteiger partial charge in [-0.2, -0.15) is 0 Å². The topological polar surface area (TPSA) is 58.6 Å². The van der Waals surface area contributed by atoms with Crippen molar-refractivity contribution in [2.75, 3.05) is 26.0 Å². The molecule has 19 heavy (non-hydrogen) atoms. The molecule has 0 aliphatic carbocycles. The van der Waals surface area contributed by atoms with E-state index in [1.54, 1.807) is 11.9 Å². The molecule has 0 atom stereocenters. The van der Waals surface area contributed by atoms with Gasteiger partial charge in [0.15, 0.2) is 0 Å². The van der Waals surface area contributed by atoms with E-state index in [0.717, 1.165) is 29.7 Å². The number of fused-ring (bicyclic) bond motifs is 1. The number of methoxy groups -OCH3 is 1. The predicted molar refractivity (Wildman–Crippen MR) is 72.1 cm³/mol. The average molecular weight is 262 g/mol. The van der Waals surface area contributed by atoms with Crippen LogP contribution in [0.15, 0.2) is 18.2 Å². The molecule has 0 spiro atoms. The third-order valence-electron chi connectivity index (χ3n) is 3.29. The van der Waals surface area contributed by atoms with Gasteiger partial charge in [-0.1, -0.05) is 12.1 Å². The molecule has 0 saturated heterocycles. The second-order valence-electron chi connectivity index (χ2n) is 4.68. The first kappa shape index (κ1) is 13.4. The van der Waals surface area contributed by atoms with E-state index < -0.39 is 0 Å². The summed E-state index contributed by atoms with van der Waals surface area (Å²) in [5.41, 5.74) is 3.23. The third kappa shape index (κ3) is 3.24. The number of hydrogen-bond acceptors (Lipinski definition) is 3. The summed E-state index contributed by atoms with van der Waals surface area (Å²) in [6.07, 6.45) is 1.76. The van der Waals surface area contributed by atoms with Gasteiger partial charge >= 0.3 is 6.09 Å². The molecule has 2 amide bonds. The van der Waals surface area contributed by atoms with Crippen molar-refractivity contribution in [2.45, 2.75) is 19.3 Å². The highest BCUT2D eigenvalue weighted by atomic mass is 16.5. The van der Waals surface area contributed by atoms with E-state index in [-0.39, 0.29) is 12.0 Å². The molecular formula is C14H18N2O3. The van der Waals surface area contributed by atoms with Crippen LogP contribution in [-0.4, -0.2) is 37.6 Å². The molecule has 0 bridgehead atoms. The van der Waals surface area contributed by atoms with Gasteiger partial charge in [0.1, 0.15) is 0 Å². The molecular weight excluding hydrogens is 244 g/mol. The fraction of sp³-hybridized carbons (Fsp3) is 0.429. The molecule has 5 heteroatoms. The number of nitrogens with one attached hydrogen (secondary N) is 1. The zero-order valence-corrected chi connectivity index (χ0v) is 11.2. The molecule has 5 nitrogen and oxygen atoms in total. The maximum absolute atomic E-state index is 11.3. The van der Waals surface area contributed by atoms with Crippen LogP contribution < -0.4 is 5.32 Å². The monoisotopic (exact) mass is 262 g/mol. The zero-order valence-electron chi connectivity index (χ0n) is 11.2. The molecule has 2 rings (SSSR count). The zero-order chi connectivity index (χ0) is 13.8. The molecule has 1 aliphatic rings. The Morgan fingerprint density at radius 3 is 2.95 bits per heavy atom. The summed E-state index contributed by atoms with van der Waals surface area (Å²) in [4.78, 5) is 24.1. The van der Waals surface area contributed by atoms with Gasteiger partial charge in [-0.05, 0) is 30.0 Å². The van der Waals surface area contributed by atoms with Gasteiger partial charge in [0, 0.05) is 25.7 Å². The lowest BCUT2D eigenvalue weighted by Gasteiger charge is -2.19. The lowest BCUT2D eigenvalue weighted by molar-refractivity contribution is -0.116. The van der Waals surface area contributed by atoms with Crippen molar-refractivity contribution in [1.29, 1.82) is 0 Å². The van der Waals surface area contributed by atoms with Gasteiger partial charge in [-0.25, -0.2) is 4.79 Å². The van der Waals surface area contributed by atoms with Gasteiger partial charge in [-0.3, -0.25) is 4.79 Å². The number of likely N-dealkylation sites (N-methyl/N-ethyl adjacent to an activating group) is 1. The lowest BCUT2D eigenvalue weighted by Crippen LogP contribution is -2.28. The highest BCUT2D eigenvalue weighted by Crippen LogP contribution is 2.23. The van der Waals surface area contributed by atoms with Crippen LogP contribution in [0, 0.1) is 0 Å². The summed E-state index contributed by atoms with van der Waals surface area (Å²) in [5, 5.41) is 2.86. The van der Waals surface area contributed by atoms with Crippen molar-refractivity contribution in [3.63, 3.8) is 0 Å². The van der Waals surface area contributed by atoms with E-state index in [4.69, 9.17) is 0 Å². The maximum Gasteiger partial charge on any atom is 0.409 e. The van der Waals surface area contributed by atoms with Crippen LogP contribution in [0.5, 0.6) is 0 Å². The second kappa shape index (κ2) is 5.73. The molecule has 0 unspecified atom stereocenters. The van der Waals surface area contributed by atoms with Crippen molar-refractivity contribution < 1.29 is 14.3 Å². The van der Waals surface area contributed by atoms with Crippen LogP contribution in [-0.2, 0) is 22.4 Å². The number of aryl methyl sites for hydroxylation is 1. The van der Waals surface area contributed by atoms with Gasteiger partial charge in [0.05, 0.1) is 7.11 Å². The van der Waals surface area contributed by atoms with Crippen LogP contribution in [0.1, 0.15) is 17.5 Å². The third-order valence-corrected chi connectivity index (χ3v) is 3.29. The minimum atomic E-state index is -0.328. The largest absolute Gasteiger partial charge is 0.453 e. The standard InChI is InChI=1S/C14H18N2O3/c1-16(14(18)19-2)8-7-10-3-5-12-11(9-10)4-6-13(17)15-12/h3,5,9H,4,6-8H2,1-2H3,(H,15,17). The minimum absolute atomic E-state index is 0.0747. The Labute approximate surface area is 112 Å². The minimum Gasteiger partial charge on any atom is -0.453 e. The first-order valence-corrected chi connectivity index (χ1v) is 6.31. The van der Waals surface area contributed by atoms with E-state index in [2.05, 4.69) is 16.1 Å². The molecule has 0 radical (unpaired) electrons. The van der Waals surface area contributed by atoms with Gasteiger partial charge in [0.2, 0.25) is 5.91 Å². The number of anilines is 1. The second-order valence-corrected chi connectivity index (χ2v) is 4.68. The SMILES string of the molecule is COC(=O)N(C)CCc1ccc2c(c1)CCC(=O)N2. The van der Waals surface area contributed by atoms with Crippen molar-refractivity contribution >= 4 is 17.7 Å². The fourth-order valence-corrected chi connectivity index (χ4v) is 2.14. The molecule has 0 fully saturated rings. The van der Waals surface area contributed by atoms with E-state index >= 15 is 0 Å². The average Bonchev–Trinajstić information content (AvgIpc) is 2.43. The number of carbonyl (C=O) groups excluding carboxylic acids is 2. The van der Waals surface area contributed by atoms with Crippen LogP contribution in [0.4, 0.5) is 10.5 Å². The Morgan fingerprint density at radius 2 is 2.21 bits per heavy atom.